The van der Waals surface area contributed by atoms with Crippen LogP contribution in [-0.4, -0.2) is 10.9 Å². The van der Waals surface area contributed by atoms with Crippen LogP contribution in [0.25, 0.3) is 0 Å². The van der Waals surface area contributed by atoms with E-state index in [4.69, 9.17) is 0 Å². The van der Waals surface area contributed by atoms with Crippen LogP contribution in [0.1, 0.15) is 41.3 Å². The molecule has 74 valence electrons. The van der Waals surface area contributed by atoms with Gasteiger partial charge in [-0.15, -0.1) is 0 Å². The van der Waals surface area contributed by atoms with Crippen LogP contribution in [0.15, 0.2) is 12.1 Å². The van der Waals surface area contributed by atoms with Crippen LogP contribution in [0.5, 0.6) is 5.75 Å². The summed E-state index contributed by atoms with van der Waals surface area (Å²) in [5.74, 6) is 0.176. The molecule has 0 spiro atoms. The van der Waals surface area contributed by atoms with Crippen LogP contribution >= 0.6 is 0 Å². The Morgan fingerprint density at radius 1 is 1.36 bits per heavy atom. The summed E-state index contributed by atoms with van der Waals surface area (Å²) in [7, 11) is 0. The molecular weight excluding hydrogens is 176 g/mol. The van der Waals surface area contributed by atoms with E-state index in [0.717, 1.165) is 19.3 Å². The van der Waals surface area contributed by atoms with Crippen molar-refractivity contribution in [3.8, 4) is 5.75 Å². The number of ketones is 1. The van der Waals surface area contributed by atoms with E-state index in [0.29, 0.717) is 12.0 Å². The largest absolute Gasteiger partial charge is 0.507 e. The van der Waals surface area contributed by atoms with Crippen LogP contribution in [0.3, 0.4) is 0 Å². The molecule has 0 saturated carbocycles. The maximum Gasteiger partial charge on any atom is 0.166 e. The van der Waals surface area contributed by atoms with E-state index < -0.39 is 0 Å². The van der Waals surface area contributed by atoms with E-state index in [1.165, 1.54) is 11.1 Å². The second-order valence-electron chi connectivity index (χ2n) is 3.77. The van der Waals surface area contributed by atoms with Gasteiger partial charge in [-0.3, -0.25) is 4.79 Å². The predicted molar refractivity (Wildman–Crippen MR) is 54.8 cm³/mol. The number of aromatic hydroxyl groups is 1. The van der Waals surface area contributed by atoms with E-state index in [1.54, 1.807) is 6.07 Å². The number of Topliss-reactive ketones (excluding diaryl/α,β-unsaturated/α-hetero) is 1. The molecule has 0 atom stereocenters. The fourth-order valence-electron chi connectivity index (χ4n) is 2.02. The second kappa shape index (κ2) is 3.45. The first-order valence-corrected chi connectivity index (χ1v) is 5.10. The normalized spacial score (nSPS) is 14.1. The van der Waals surface area contributed by atoms with E-state index >= 15 is 0 Å². The summed E-state index contributed by atoms with van der Waals surface area (Å²) in [4.78, 5) is 11.5. The first-order chi connectivity index (χ1) is 6.72. The first-order valence-electron chi connectivity index (χ1n) is 5.10. The number of hydrogen-bond donors (Lipinski definition) is 1. The molecule has 14 heavy (non-hydrogen) atoms. The third-order valence-electron chi connectivity index (χ3n) is 2.83. The zero-order chi connectivity index (χ0) is 10.1. The summed E-state index contributed by atoms with van der Waals surface area (Å²) in [6.45, 7) is 1.81. The van der Waals surface area contributed by atoms with Crippen molar-refractivity contribution in [3.05, 3.63) is 28.8 Å². The first kappa shape index (κ1) is 9.25. The van der Waals surface area contributed by atoms with Gasteiger partial charge in [-0.05, 0) is 42.5 Å². The highest BCUT2D eigenvalue weighted by Crippen LogP contribution is 2.29. The average molecular weight is 190 g/mol. The number of benzene rings is 1. The van der Waals surface area contributed by atoms with E-state index in [1.807, 2.05) is 13.0 Å². The quantitative estimate of drug-likeness (QED) is 0.727. The highest BCUT2D eigenvalue weighted by Gasteiger charge is 2.17. The Bertz CT molecular complexity index is 380. The Hall–Kier alpha value is -1.31. The van der Waals surface area contributed by atoms with Gasteiger partial charge in [0.25, 0.3) is 0 Å². The van der Waals surface area contributed by atoms with Gasteiger partial charge in [-0.1, -0.05) is 6.92 Å². The summed E-state index contributed by atoms with van der Waals surface area (Å²) < 4.78 is 0. The maximum absolute atomic E-state index is 11.5. The number of carbonyl (C=O) groups is 1. The van der Waals surface area contributed by atoms with Gasteiger partial charge in [-0.25, -0.2) is 0 Å². The minimum Gasteiger partial charge on any atom is -0.507 e. The monoisotopic (exact) mass is 190 g/mol. The molecule has 0 aromatic heterocycles. The number of aryl methyl sites for hydroxylation is 2. The van der Waals surface area contributed by atoms with Crippen LogP contribution in [-0.2, 0) is 12.8 Å². The highest BCUT2D eigenvalue weighted by molar-refractivity contribution is 5.98. The molecule has 1 aromatic carbocycles. The number of rotatable bonds is 2. The second-order valence-corrected chi connectivity index (χ2v) is 3.77. The van der Waals surface area contributed by atoms with Gasteiger partial charge < -0.3 is 5.11 Å². The zero-order valence-electron chi connectivity index (χ0n) is 8.34. The van der Waals surface area contributed by atoms with Crippen molar-refractivity contribution in [1.82, 2.24) is 0 Å². The average Bonchev–Trinajstić information content (AvgIpc) is 2.62. The van der Waals surface area contributed by atoms with Gasteiger partial charge >= 0.3 is 0 Å². The third-order valence-corrected chi connectivity index (χ3v) is 2.83. The zero-order valence-corrected chi connectivity index (χ0v) is 8.34. The van der Waals surface area contributed by atoms with Gasteiger partial charge in [0, 0.05) is 6.42 Å². The van der Waals surface area contributed by atoms with E-state index in [9.17, 15) is 9.90 Å². The lowest BCUT2D eigenvalue weighted by Gasteiger charge is -2.05. The lowest BCUT2D eigenvalue weighted by atomic mass is 10.0. The van der Waals surface area contributed by atoms with Crippen molar-refractivity contribution in [2.75, 3.05) is 0 Å². The lowest BCUT2D eigenvalue weighted by Crippen LogP contribution is -1.98. The summed E-state index contributed by atoms with van der Waals surface area (Å²) in [5, 5.41) is 9.66. The molecule has 2 nitrogen and oxygen atoms in total. The number of phenols is 1. The maximum atomic E-state index is 11.5. The van der Waals surface area contributed by atoms with E-state index in [-0.39, 0.29) is 11.5 Å². The Balaban J connectivity index is 2.47. The van der Waals surface area contributed by atoms with Gasteiger partial charge in [0.05, 0.1) is 5.56 Å². The van der Waals surface area contributed by atoms with Crippen molar-refractivity contribution < 1.29 is 9.90 Å². The van der Waals surface area contributed by atoms with Crippen molar-refractivity contribution in [2.45, 2.75) is 32.6 Å². The SMILES string of the molecule is CCC(=O)c1cc2c(cc1O)CCC2. The summed E-state index contributed by atoms with van der Waals surface area (Å²) >= 11 is 0. The molecule has 1 aromatic rings. The number of hydrogen-bond acceptors (Lipinski definition) is 2. The molecule has 0 aliphatic heterocycles. The molecule has 0 heterocycles. The third kappa shape index (κ3) is 1.41. The molecule has 0 radical (unpaired) electrons. The fourth-order valence-corrected chi connectivity index (χ4v) is 2.02. The minimum atomic E-state index is 0.0252. The molecule has 2 rings (SSSR count). The standard InChI is InChI=1S/C12H14O2/c1-2-11(13)10-6-8-4-3-5-9(8)7-12(10)14/h6-7,14H,2-5H2,1H3. The molecule has 0 fully saturated rings. The van der Waals surface area contributed by atoms with Gasteiger partial charge in [0.2, 0.25) is 0 Å². The number of carbonyl (C=O) groups excluding carboxylic acids is 1. The fraction of sp³-hybridized carbons (Fsp3) is 0.417. The summed E-state index contributed by atoms with van der Waals surface area (Å²) in [6.07, 6.45) is 3.66. The number of fused-ring (bicyclic) bond motifs is 1. The van der Waals surface area contributed by atoms with Gasteiger partial charge in [0.1, 0.15) is 5.75 Å². The number of phenolic OH excluding ortho intramolecular Hbond substituents is 1. The molecule has 0 bridgehead atoms. The molecule has 0 saturated heterocycles. The Labute approximate surface area is 83.6 Å². The molecule has 1 N–H and O–H groups in total. The Kier molecular flexibility index (Phi) is 2.28. The molecule has 0 unspecified atom stereocenters. The molecule has 2 heteroatoms. The predicted octanol–water partition coefficient (Wildman–Crippen LogP) is 2.47. The van der Waals surface area contributed by atoms with Gasteiger partial charge in [0.15, 0.2) is 5.78 Å². The van der Waals surface area contributed by atoms with Gasteiger partial charge in [-0.2, -0.15) is 0 Å². The molecule has 1 aliphatic rings. The Morgan fingerprint density at radius 2 is 2.00 bits per heavy atom. The molecule has 1 aliphatic carbocycles. The minimum absolute atomic E-state index is 0.0252. The lowest BCUT2D eigenvalue weighted by molar-refractivity contribution is 0.0985. The van der Waals surface area contributed by atoms with E-state index in [2.05, 4.69) is 0 Å². The summed E-state index contributed by atoms with van der Waals surface area (Å²) in [6, 6.07) is 3.62. The smallest absolute Gasteiger partial charge is 0.166 e. The highest BCUT2D eigenvalue weighted by atomic mass is 16.3. The Morgan fingerprint density at radius 3 is 2.64 bits per heavy atom. The molecule has 0 amide bonds. The van der Waals surface area contributed by atoms with Crippen LogP contribution in [0.2, 0.25) is 0 Å². The van der Waals surface area contributed by atoms with Crippen LogP contribution < -0.4 is 0 Å². The topological polar surface area (TPSA) is 37.3 Å². The molecular formula is C12H14O2. The van der Waals surface area contributed by atoms with Crippen LogP contribution in [0.4, 0.5) is 0 Å². The van der Waals surface area contributed by atoms with Crippen molar-refractivity contribution in [3.63, 3.8) is 0 Å². The van der Waals surface area contributed by atoms with Crippen LogP contribution in [0, 0.1) is 0 Å². The summed E-state index contributed by atoms with van der Waals surface area (Å²) in [5.41, 5.74) is 2.93. The van der Waals surface area contributed by atoms with Crippen molar-refractivity contribution >= 4 is 5.78 Å². The van der Waals surface area contributed by atoms with Crippen molar-refractivity contribution in [1.29, 1.82) is 0 Å². The van der Waals surface area contributed by atoms with Crippen molar-refractivity contribution in [2.24, 2.45) is 0 Å².